The maximum absolute atomic E-state index is 13.6. The van der Waals surface area contributed by atoms with Gasteiger partial charge in [0.25, 0.3) is 11.8 Å². The molecule has 9 nitrogen and oxygen atoms in total. The summed E-state index contributed by atoms with van der Waals surface area (Å²) in [7, 11) is 0. The summed E-state index contributed by atoms with van der Waals surface area (Å²) in [5, 5.41) is 10.4. The van der Waals surface area contributed by atoms with Crippen LogP contribution in [0.4, 0.5) is 5.69 Å². The lowest BCUT2D eigenvalue weighted by molar-refractivity contribution is 0.0473. The van der Waals surface area contributed by atoms with Crippen LogP contribution in [-0.2, 0) is 4.74 Å². The van der Waals surface area contributed by atoms with Gasteiger partial charge >= 0.3 is 5.97 Å². The van der Waals surface area contributed by atoms with Crippen molar-refractivity contribution in [2.45, 2.75) is 12.8 Å². The van der Waals surface area contributed by atoms with Gasteiger partial charge in [-0.25, -0.2) is 9.69 Å². The second-order valence-electron chi connectivity index (χ2n) is 9.35. The van der Waals surface area contributed by atoms with E-state index < -0.39 is 17.8 Å². The van der Waals surface area contributed by atoms with Crippen LogP contribution in [0.5, 0.6) is 0 Å². The van der Waals surface area contributed by atoms with Gasteiger partial charge in [0.15, 0.2) is 0 Å². The van der Waals surface area contributed by atoms with Crippen LogP contribution in [0, 0.1) is 0 Å². The van der Waals surface area contributed by atoms with Crippen molar-refractivity contribution in [2.75, 3.05) is 31.1 Å². The quantitative estimate of drug-likeness (QED) is 0.295. The summed E-state index contributed by atoms with van der Waals surface area (Å²) < 4.78 is 5.60. The Morgan fingerprint density at radius 1 is 0.868 bits per heavy atom. The number of likely N-dealkylation sites (tertiary alicyclic amines) is 1. The number of carbonyl (C=O) groups excluding carboxylic acids is 3. The lowest BCUT2D eigenvalue weighted by atomic mass is 10.0. The number of benzene rings is 3. The summed E-state index contributed by atoms with van der Waals surface area (Å²) in [5.41, 5.74) is 3.75. The lowest BCUT2D eigenvalue weighted by Crippen LogP contribution is -2.31. The molecular formula is C29H25N5O4. The van der Waals surface area contributed by atoms with Crippen molar-refractivity contribution in [3.05, 3.63) is 89.6 Å². The number of H-pyrrole nitrogens is 1. The van der Waals surface area contributed by atoms with Crippen LogP contribution in [0.25, 0.3) is 22.4 Å². The summed E-state index contributed by atoms with van der Waals surface area (Å²) in [5.74, 6) is -1.57. The minimum absolute atomic E-state index is 0.164. The van der Waals surface area contributed by atoms with Crippen molar-refractivity contribution in [3.8, 4) is 22.4 Å². The third-order valence-corrected chi connectivity index (χ3v) is 7.00. The first kappa shape index (κ1) is 23.7. The number of esters is 1. The molecule has 1 N–H and O–H groups in total. The highest BCUT2D eigenvalue weighted by molar-refractivity contribution is 6.35. The molecule has 6 rings (SSSR count). The average molecular weight is 508 g/mol. The molecule has 1 fully saturated rings. The second-order valence-corrected chi connectivity index (χ2v) is 9.35. The number of ether oxygens (including phenoxy) is 1. The minimum atomic E-state index is -0.571. The zero-order valence-electron chi connectivity index (χ0n) is 20.6. The highest BCUT2D eigenvalue weighted by atomic mass is 16.5. The van der Waals surface area contributed by atoms with Gasteiger partial charge in [-0.15, -0.1) is 5.10 Å². The Morgan fingerprint density at radius 2 is 1.63 bits per heavy atom. The SMILES string of the molecule is O=C(OCCN1CCCC1)c1ccc(-c2ccccc2)cc1N1C(=O)c2ccc(-c3c[nH]nn3)cc2C1=O. The van der Waals surface area contributed by atoms with Gasteiger partial charge in [0.05, 0.1) is 22.4 Å². The van der Waals surface area contributed by atoms with Gasteiger partial charge in [-0.3, -0.25) is 19.6 Å². The van der Waals surface area contributed by atoms with Crippen molar-refractivity contribution >= 4 is 23.5 Å². The van der Waals surface area contributed by atoms with Crippen LogP contribution in [0.2, 0.25) is 0 Å². The molecule has 190 valence electrons. The maximum atomic E-state index is 13.6. The molecule has 0 atom stereocenters. The zero-order valence-corrected chi connectivity index (χ0v) is 20.6. The molecule has 9 heteroatoms. The van der Waals surface area contributed by atoms with Crippen LogP contribution in [0.1, 0.15) is 43.9 Å². The molecule has 3 heterocycles. The zero-order chi connectivity index (χ0) is 26.1. The van der Waals surface area contributed by atoms with Gasteiger partial charge in [0.2, 0.25) is 0 Å². The van der Waals surface area contributed by atoms with E-state index in [2.05, 4.69) is 20.3 Å². The van der Waals surface area contributed by atoms with E-state index in [9.17, 15) is 14.4 Å². The molecule has 0 aliphatic carbocycles. The molecule has 2 aliphatic heterocycles. The van der Waals surface area contributed by atoms with E-state index in [1.165, 1.54) is 0 Å². The number of aromatic amines is 1. The standard InChI is InChI=1S/C29H25N5O4/c35-27-22-10-9-21(25-18-30-32-31-25)16-24(22)28(36)34(27)26-17-20(19-6-2-1-3-7-19)8-11-23(26)29(37)38-15-14-33-12-4-5-13-33/h1-3,6-11,16-18H,4-5,12-15H2,(H,30,31,32). The molecule has 38 heavy (non-hydrogen) atoms. The second kappa shape index (κ2) is 10.0. The maximum Gasteiger partial charge on any atom is 0.340 e. The number of aromatic nitrogens is 3. The molecule has 1 saturated heterocycles. The van der Waals surface area contributed by atoms with E-state index >= 15 is 0 Å². The number of amides is 2. The normalized spacial score (nSPS) is 15.2. The number of hydrogen-bond acceptors (Lipinski definition) is 7. The lowest BCUT2D eigenvalue weighted by Gasteiger charge is -2.20. The van der Waals surface area contributed by atoms with Gasteiger partial charge in [-0.1, -0.05) is 47.7 Å². The van der Waals surface area contributed by atoms with Crippen molar-refractivity contribution in [3.63, 3.8) is 0 Å². The van der Waals surface area contributed by atoms with Crippen LogP contribution in [0.3, 0.4) is 0 Å². The Hall–Kier alpha value is -4.63. The smallest absolute Gasteiger partial charge is 0.340 e. The average Bonchev–Trinajstić information content (AvgIpc) is 3.72. The van der Waals surface area contributed by atoms with Crippen LogP contribution < -0.4 is 4.90 Å². The molecule has 0 spiro atoms. The van der Waals surface area contributed by atoms with E-state index in [0.29, 0.717) is 17.8 Å². The fourth-order valence-electron chi connectivity index (χ4n) is 5.01. The van der Waals surface area contributed by atoms with E-state index in [1.807, 2.05) is 30.3 Å². The molecule has 2 amide bonds. The number of imide groups is 1. The van der Waals surface area contributed by atoms with Gasteiger partial charge in [0.1, 0.15) is 12.3 Å². The van der Waals surface area contributed by atoms with Crippen molar-refractivity contribution in [2.24, 2.45) is 0 Å². The third-order valence-electron chi connectivity index (χ3n) is 7.00. The molecule has 3 aromatic carbocycles. The number of fused-ring (bicyclic) bond motifs is 1. The topological polar surface area (TPSA) is 108 Å². The predicted molar refractivity (Wildman–Crippen MR) is 141 cm³/mol. The molecule has 2 aliphatic rings. The number of carbonyl (C=O) groups is 3. The summed E-state index contributed by atoms with van der Waals surface area (Å²) >= 11 is 0. The number of nitrogens with zero attached hydrogens (tertiary/aromatic N) is 4. The van der Waals surface area contributed by atoms with Crippen molar-refractivity contribution < 1.29 is 19.1 Å². The number of hydrogen-bond donors (Lipinski definition) is 1. The molecule has 4 aromatic rings. The van der Waals surface area contributed by atoms with Crippen LogP contribution >= 0.6 is 0 Å². The number of anilines is 1. The number of rotatable bonds is 7. The Labute approximate surface area is 219 Å². The summed E-state index contributed by atoms with van der Waals surface area (Å²) in [6, 6.07) is 19.7. The summed E-state index contributed by atoms with van der Waals surface area (Å²) in [6.07, 6.45) is 3.91. The molecule has 0 radical (unpaired) electrons. The van der Waals surface area contributed by atoms with E-state index in [0.717, 1.165) is 42.0 Å². The largest absolute Gasteiger partial charge is 0.461 e. The molecule has 0 saturated carbocycles. The first-order valence-corrected chi connectivity index (χ1v) is 12.6. The first-order chi connectivity index (χ1) is 18.6. The summed E-state index contributed by atoms with van der Waals surface area (Å²) in [4.78, 5) is 43.7. The van der Waals surface area contributed by atoms with Gasteiger partial charge in [-0.05, 0) is 61.3 Å². The van der Waals surface area contributed by atoms with E-state index in [1.54, 1.807) is 42.6 Å². The van der Waals surface area contributed by atoms with Gasteiger partial charge in [-0.2, -0.15) is 0 Å². The summed E-state index contributed by atoms with van der Waals surface area (Å²) in [6.45, 7) is 2.89. The highest BCUT2D eigenvalue weighted by Gasteiger charge is 2.39. The Balaban J connectivity index is 1.35. The van der Waals surface area contributed by atoms with Gasteiger partial charge in [0, 0.05) is 18.3 Å². The van der Waals surface area contributed by atoms with Crippen molar-refractivity contribution in [1.29, 1.82) is 0 Å². The van der Waals surface area contributed by atoms with Crippen LogP contribution in [0.15, 0.2) is 72.9 Å². The highest BCUT2D eigenvalue weighted by Crippen LogP contribution is 2.36. The van der Waals surface area contributed by atoms with E-state index in [-0.39, 0.29) is 29.0 Å². The Morgan fingerprint density at radius 3 is 2.39 bits per heavy atom. The Kier molecular flexibility index (Phi) is 6.27. The predicted octanol–water partition coefficient (Wildman–Crippen LogP) is 4.19. The van der Waals surface area contributed by atoms with Crippen molar-refractivity contribution in [1.82, 2.24) is 20.3 Å². The Bertz CT molecular complexity index is 1510. The molecular weight excluding hydrogens is 482 g/mol. The van der Waals surface area contributed by atoms with Crippen LogP contribution in [-0.4, -0.2) is 64.3 Å². The monoisotopic (exact) mass is 507 g/mol. The van der Waals surface area contributed by atoms with Gasteiger partial charge < -0.3 is 4.74 Å². The molecule has 0 bridgehead atoms. The van der Waals surface area contributed by atoms with E-state index in [4.69, 9.17) is 4.74 Å². The fraction of sp³-hybridized carbons (Fsp3) is 0.207. The molecule has 1 aromatic heterocycles. The minimum Gasteiger partial charge on any atom is -0.461 e. The molecule has 0 unspecified atom stereocenters. The first-order valence-electron chi connectivity index (χ1n) is 12.6. The number of nitrogens with one attached hydrogen (secondary N) is 1. The third kappa shape index (κ3) is 4.37. The fourth-order valence-corrected chi connectivity index (χ4v) is 5.01.